The van der Waals surface area contributed by atoms with Crippen LogP contribution in [0.2, 0.25) is 0 Å². The van der Waals surface area contributed by atoms with Gasteiger partial charge in [-0.1, -0.05) is 13.3 Å². The van der Waals surface area contributed by atoms with E-state index >= 15 is 0 Å². The van der Waals surface area contributed by atoms with Gasteiger partial charge in [-0.2, -0.15) is 5.10 Å². The first-order chi connectivity index (χ1) is 14.0. The predicted octanol–water partition coefficient (Wildman–Crippen LogP) is 2.97. The summed E-state index contributed by atoms with van der Waals surface area (Å²) >= 11 is 0. The highest BCUT2D eigenvalue weighted by Gasteiger charge is 2.41. The van der Waals surface area contributed by atoms with Crippen LogP contribution in [0.3, 0.4) is 0 Å². The van der Waals surface area contributed by atoms with Crippen LogP contribution in [-0.2, 0) is 16.1 Å². The van der Waals surface area contributed by atoms with Crippen LogP contribution in [0.1, 0.15) is 63.9 Å². The lowest BCUT2D eigenvalue weighted by atomic mass is 10.1. The quantitative estimate of drug-likeness (QED) is 0.775. The monoisotopic (exact) mass is 399 g/mol. The summed E-state index contributed by atoms with van der Waals surface area (Å²) < 4.78 is 7.89. The number of ether oxygens (including phenoxy) is 1. The van der Waals surface area contributed by atoms with Crippen LogP contribution in [-0.4, -0.2) is 56.9 Å². The van der Waals surface area contributed by atoms with Gasteiger partial charge < -0.3 is 15.0 Å². The van der Waals surface area contributed by atoms with Gasteiger partial charge >= 0.3 is 0 Å². The fourth-order valence-electron chi connectivity index (χ4n) is 4.13. The third kappa shape index (κ3) is 4.16. The molecule has 1 aliphatic heterocycles. The number of unbranched alkanes of at least 4 members (excludes halogenated alkanes) is 1. The highest BCUT2D eigenvalue weighted by Crippen LogP contribution is 2.37. The Morgan fingerprint density at radius 3 is 2.86 bits per heavy atom. The van der Waals surface area contributed by atoms with Gasteiger partial charge in [0, 0.05) is 36.3 Å². The molecular formula is C22H33N5O2. The molecule has 1 amide bonds. The number of aryl methyl sites for hydroxylation is 2. The lowest BCUT2D eigenvalue weighted by Gasteiger charge is -2.35. The number of hydrogen-bond donors (Lipinski definition) is 1. The summed E-state index contributed by atoms with van der Waals surface area (Å²) in [6, 6.07) is 4.61. The smallest absolute Gasteiger partial charge is 0.253 e. The van der Waals surface area contributed by atoms with Crippen LogP contribution >= 0.6 is 0 Å². The molecule has 2 unspecified atom stereocenters. The first-order valence-electron chi connectivity index (χ1n) is 11.0. The SMILES string of the molecule is CCCCn1nc([C@@H](C)N(C(=O)C2CNC(C)CO2)C2CC2)c2ccc(C)nc21. The second kappa shape index (κ2) is 8.40. The number of carbonyl (C=O) groups is 1. The minimum Gasteiger partial charge on any atom is -0.365 e. The molecule has 4 rings (SSSR count). The van der Waals surface area contributed by atoms with Crippen molar-refractivity contribution in [2.45, 2.75) is 84.2 Å². The van der Waals surface area contributed by atoms with E-state index in [1.165, 1.54) is 0 Å². The molecule has 2 aromatic rings. The lowest BCUT2D eigenvalue weighted by molar-refractivity contribution is -0.149. The predicted molar refractivity (Wildman–Crippen MR) is 113 cm³/mol. The zero-order valence-corrected chi connectivity index (χ0v) is 18.0. The molecule has 0 spiro atoms. The molecule has 0 aromatic carbocycles. The summed E-state index contributed by atoms with van der Waals surface area (Å²) in [5.41, 5.74) is 2.86. The first kappa shape index (κ1) is 20.3. The molecule has 3 atom stereocenters. The van der Waals surface area contributed by atoms with Gasteiger partial charge in [-0.15, -0.1) is 0 Å². The molecule has 0 bridgehead atoms. The number of rotatable bonds is 7. The van der Waals surface area contributed by atoms with E-state index in [0.717, 1.165) is 54.6 Å². The molecule has 29 heavy (non-hydrogen) atoms. The summed E-state index contributed by atoms with van der Waals surface area (Å²) in [6.07, 6.45) is 3.86. The molecule has 2 aliphatic rings. The van der Waals surface area contributed by atoms with Crippen LogP contribution < -0.4 is 5.32 Å². The number of morpholine rings is 1. The van der Waals surface area contributed by atoms with E-state index in [1.54, 1.807) is 0 Å². The van der Waals surface area contributed by atoms with Crippen molar-refractivity contribution < 1.29 is 9.53 Å². The van der Waals surface area contributed by atoms with Gasteiger partial charge in [0.15, 0.2) is 5.65 Å². The Morgan fingerprint density at radius 2 is 2.21 bits per heavy atom. The van der Waals surface area contributed by atoms with Gasteiger partial charge in [0.05, 0.1) is 18.3 Å². The Labute approximate surface area is 172 Å². The Morgan fingerprint density at radius 1 is 1.41 bits per heavy atom. The highest BCUT2D eigenvalue weighted by atomic mass is 16.5. The molecule has 2 fully saturated rings. The van der Waals surface area contributed by atoms with E-state index in [0.29, 0.717) is 19.2 Å². The van der Waals surface area contributed by atoms with Crippen molar-refractivity contribution in [2.24, 2.45) is 0 Å². The Kier molecular flexibility index (Phi) is 5.88. The van der Waals surface area contributed by atoms with E-state index in [9.17, 15) is 4.79 Å². The van der Waals surface area contributed by atoms with Gasteiger partial charge in [-0.25, -0.2) is 9.67 Å². The topological polar surface area (TPSA) is 72.3 Å². The number of amides is 1. The maximum absolute atomic E-state index is 13.4. The van der Waals surface area contributed by atoms with Gasteiger partial charge in [0.1, 0.15) is 6.10 Å². The molecule has 1 saturated heterocycles. The van der Waals surface area contributed by atoms with E-state index in [-0.39, 0.29) is 18.0 Å². The average molecular weight is 400 g/mol. The van der Waals surface area contributed by atoms with Crippen LogP contribution in [0.15, 0.2) is 12.1 Å². The molecule has 3 heterocycles. The molecular weight excluding hydrogens is 366 g/mol. The van der Waals surface area contributed by atoms with Crippen molar-refractivity contribution >= 4 is 16.9 Å². The van der Waals surface area contributed by atoms with E-state index < -0.39 is 6.10 Å². The maximum Gasteiger partial charge on any atom is 0.253 e. The summed E-state index contributed by atoms with van der Waals surface area (Å²) in [7, 11) is 0. The molecule has 1 N–H and O–H groups in total. The van der Waals surface area contributed by atoms with Crippen molar-refractivity contribution in [2.75, 3.05) is 13.2 Å². The zero-order chi connectivity index (χ0) is 20.5. The fourth-order valence-corrected chi connectivity index (χ4v) is 4.13. The Bertz CT molecular complexity index is 867. The fraction of sp³-hybridized carbons (Fsp3) is 0.682. The van der Waals surface area contributed by atoms with E-state index in [4.69, 9.17) is 14.8 Å². The van der Waals surface area contributed by atoms with E-state index in [2.05, 4.69) is 32.2 Å². The third-order valence-electron chi connectivity index (χ3n) is 5.97. The van der Waals surface area contributed by atoms with Crippen molar-refractivity contribution in [3.05, 3.63) is 23.5 Å². The number of pyridine rings is 1. The number of fused-ring (bicyclic) bond motifs is 1. The first-order valence-corrected chi connectivity index (χ1v) is 11.0. The summed E-state index contributed by atoms with van der Waals surface area (Å²) in [4.78, 5) is 20.2. The van der Waals surface area contributed by atoms with Crippen molar-refractivity contribution in [1.82, 2.24) is 25.0 Å². The standard InChI is InChI=1S/C22H33N5O2/c1-5-6-11-26-21-18(10-7-14(2)24-21)20(25-26)16(4)27(17-8-9-17)22(28)19-12-23-15(3)13-29-19/h7,10,15-17,19,23H,5-6,8-9,11-13H2,1-4H3/t15?,16-,19?/m1/s1. The van der Waals surface area contributed by atoms with E-state index in [1.807, 2.05) is 22.6 Å². The average Bonchev–Trinajstić information content (AvgIpc) is 3.48. The Balaban J connectivity index is 1.65. The highest BCUT2D eigenvalue weighted by molar-refractivity contribution is 5.84. The van der Waals surface area contributed by atoms with Crippen molar-refractivity contribution in [3.63, 3.8) is 0 Å². The largest absolute Gasteiger partial charge is 0.365 e. The number of nitrogens with zero attached hydrogens (tertiary/aromatic N) is 4. The number of hydrogen-bond acceptors (Lipinski definition) is 5. The van der Waals surface area contributed by atoms with Crippen LogP contribution in [0, 0.1) is 6.92 Å². The summed E-state index contributed by atoms with van der Waals surface area (Å²) in [6.45, 7) is 10.4. The molecule has 0 radical (unpaired) electrons. The normalized spacial score (nSPS) is 23.3. The molecule has 7 heteroatoms. The van der Waals surface area contributed by atoms with Crippen LogP contribution in [0.5, 0.6) is 0 Å². The van der Waals surface area contributed by atoms with Gasteiger partial charge in [0.2, 0.25) is 0 Å². The van der Waals surface area contributed by atoms with Crippen LogP contribution in [0.25, 0.3) is 11.0 Å². The van der Waals surface area contributed by atoms with Crippen molar-refractivity contribution in [1.29, 1.82) is 0 Å². The number of carbonyl (C=O) groups excluding carboxylic acids is 1. The van der Waals surface area contributed by atoms with Gasteiger partial charge in [-0.05, 0) is 52.2 Å². The Hall–Kier alpha value is -1.99. The van der Waals surface area contributed by atoms with Gasteiger partial charge in [0.25, 0.3) is 5.91 Å². The lowest BCUT2D eigenvalue weighted by Crippen LogP contribution is -2.53. The molecule has 158 valence electrons. The number of aromatic nitrogens is 3. The van der Waals surface area contributed by atoms with Gasteiger partial charge in [-0.3, -0.25) is 4.79 Å². The summed E-state index contributed by atoms with van der Waals surface area (Å²) in [5.74, 6) is 0.0794. The third-order valence-corrected chi connectivity index (χ3v) is 5.97. The summed E-state index contributed by atoms with van der Waals surface area (Å²) in [5, 5.41) is 9.36. The molecule has 1 aliphatic carbocycles. The number of nitrogens with one attached hydrogen (secondary N) is 1. The van der Waals surface area contributed by atoms with Crippen LogP contribution in [0.4, 0.5) is 0 Å². The molecule has 1 saturated carbocycles. The molecule has 7 nitrogen and oxygen atoms in total. The second-order valence-corrected chi connectivity index (χ2v) is 8.57. The minimum atomic E-state index is -0.414. The van der Waals surface area contributed by atoms with Crippen molar-refractivity contribution in [3.8, 4) is 0 Å². The second-order valence-electron chi connectivity index (χ2n) is 8.57. The molecule has 2 aromatic heterocycles. The zero-order valence-electron chi connectivity index (χ0n) is 18.0. The maximum atomic E-state index is 13.4. The minimum absolute atomic E-state index is 0.0794.